The van der Waals surface area contributed by atoms with E-state index in [0.29, 0.717) is 0 Å². The van der Waals surface area contributed by atoms with Gasteiger partial charge in [-0.25, -0.2) is 8.78 Å². The van der Waals surface area contributed by atoms with Crippen LogP contribution in [0.3, 0.4) is 0 Å². The molecule has 14 heavy (non-hydrogen) atoms. The average Bonchev–Trinajstić information content (AvgIpc) is 2.19. The van der Waals surface area contributed by atoms with Crippen LogP contribution in [0.4, 0.5) is 14.5 Å². The van der Waals surface area contributed by atoms with Crippen LogP contribution in [-0.4, -0.2) is 11.0 Å². The molecule has 0 spiro atoms. The molecule has 0 heterocycles. The van der Waals surface area contributed by atoms with Crippen molar-refractivity contribution in [2.75, 3.05) is 11.6 Å². The Labute approximate surface area is 92.8 Å². The van der Waals surface area contributed by atoms with Crippen LogP contribution in [0.15, 0.2) is 10.5 Å². The minimum Gasteiger partial charge on any atom is -0.396 e. The fourth-order valence-electron chi connectivity index (χ4n) is 0.986. The van der Waals surface area contributed by atoms with Gasteiger partial charge in [0, 0.05) is 5.56 Å². The Bertz CT molecular complexity index is 362. The number of nitrogen functional groups attached to an aromatic ring is 1. The number of benzene rings is 1. The van der Waals surface area contributed by atoms with Crippen LogP contribution in [0.2, 0.25) is 0 Å². The molecule has 0 amide bonds. The molecule has 0 aliphatic rings. The Kier molecular flexibility index (Phi) is 3.69. The predicted molar refractivity (Wildman–Crippen MR) is 54.2 cm³/mol. The number of anilines is 1. The van der Waals surface area contributed by atoms with Crippen LogP contribution in [0.5, 0.6) is 0 Å². The molecule has 0 fully saturated rings. The summed E-state index contributed by atoms with van der Waals surface area (Å²) in [4.78, 5) is 0. The van der Waals surface area contributed by atoms with Crippen LogP contribution in [0.25, 0.3) is 0 Å². The second-order valence-corrected chi connectivity index (χ2v) is 3.82. The van der Waals surface area contributed by atoms with Gasteiger partial charge in [0.15, 0.2) is 11.6 Å². The normalized spacial score (nSPS) is 12.9. The Hall–Kier alpha value is -0.390. The van der Waals surface area contributed by atoms with E-state index in [9.17, 15) is 13.9 Å². The van der Waals surface area contributed by atoms with E-state index in [1.54, 1.807) is 0 Å². The van der Waals surface area contributed by atoms with Gasteiger partial charge in [0.2, 0.25) is 0 Å². The fourth-order valence-corrected chi connectivity index (χ4v) is 1.57. The lowest BCUT2D eigenvalue weighted by atomic mass is 10.1. The minimum absolute atomic E-state index is 0.0748. The van der Waals surface area contributed by atoms with Gasteiger partial charge in [-0.05, 0) is 22.0 Å². The van der Waals surface area contributed by atoms with Crippen molar-refractivity contribution >= 4 is 33.2 Å². The first-order valence-electron chi connectivity index (χ1n) is 3.66. The molecule has 0 aliphatic heterocycles. The SMILES string of the molecule is Nc1c(C(O)CCl)cc(Br)c(F)c1F. The molecule has 1 unspecified atom stereocenters. The Balaban J connectivity index is 3.33. The third kappa shape index (κ3) is 1.99. The van der Waals surface area contributed by atoms with Crippen LogP contribution in [0, 0.1) is 11.6 Å². The second kappa shape index (κ2) is 4.42. The van der Waals surface area contributed by atoms with Crippen molar-refractivity contribution < 1.29 is 13.9 Å². The Morgan fingerprint density at radius 1 is 1.50 bits per heavy atom. The minimum atomic E-state index is -1.18. The molecule has 0 saturated heterocycles. The van der Waals surface area contributed by atoms with E-state index in [-0.39, 0.29) is 15.9 Å². The molecule has 0 radical (unpaired) electrons. The standard InChI is InChI=1S/C8H7BrClF2NO/c9-4-1-3(5(14)2-10)8(13)7(12)6(4)11/h1,5,14H,2,13H2. The highest BCUT2D eigenvalue weighted by Gasteiger charge is 2.19. The van der Waals surface area contributed by atoms with Crippen molar-refractivity contribution in [2.24, 2.45) is 0 Å². The number of hydrogen-bond donors (Lipinski definition) is 2. The zero-order chi connectivity index (χ0) is 10.9. The van der Waals surface area contributed by atoms with Crippen LogP contribution >= 0.6 is 27.5 Å². The molecule has 3 N–H and O–H groups in total. The summed E-state index contributed by atoms with van der Waals surface area (Å²) in [6, 6.07) is 1.21. The Morgan fingerprint density at radius 2 is 2.07 bits per heavy atom. The smallest absolute Gasteiger partial charge is 0.183 e. The van der Waals surface area contributed by atoms with Crippen LogP contribution < -0.4 is 5.73 Å². The van der Waals surface area contributed by atoms with Gasteiger partial charge in [-0.1, -0.05) is 0 Å². The molecule has 2 nitrogen and oxygen atoms in total. The quantitative estimate of drug-likeness (QED) is 0.499. The number of nitrogens with two attached hydrogens (primary N) is 1. The first-order valence-corrected chi connectivity index (χ1v) is 4.98. The van der Waals surface area contributed by atoms with Gasteiger partial charge >= 0.3 is 0 Å². The maximum Gasteiger partial charge on any atom is 0.183 e. The maximum absolute atomic E-state index is 13.1. The highest BCUT2D eigenvalue weighted by molar-refractivity contribution is 9.10. The van der Waals surface area contributed by atoms with Crippen LogP contribution in [0.1, 0.15) is 11.7 Å². The van der Waals surface area contributed by atoms with E-state index in [1.165, 1.54) is 6.07 Å². The zero-order valence-electron chi connectivity index (χ0n) is 6.90. The van der Waals surface area contributed by atoms with E-state index in [4.69, 9.17) is 17.3 Å². The third-order valence-corrected chi connectivity index (χ3v) is 2.61. The molecule has 1 aromatic carbocycles. The lowest BCUT2D eigenvalue weighted by molar-refractivity contribution is 0.202. The molecule has 0 aliphatic carbocycles. The maximum atomic E-state index is 13.1. The lowest BCUT2D eigenvalue weighted by Crippen LogP contribution is -2.07. The fraction of sp³-hybridized carbons (Fsp3) is 0.250. The molecule has 1 atom stereocenters. The van der Waals surface area contributed by atoms with Gasteiger partial charge in [-0.3, -0.25) is 0 Å². The van der Waals surface area contributed by atoms with E-state index in [2.05, 4.69) is 15.9 Å². The van der Waals surface area contributed by atoms with E-state index >= 15 is 0 Å². The molecule has 78 valence electrons. The van der Waals surface area contributed by atoms with Crippen LogP contribution in [-0.2, 0) is 0 Å². The van der Waals surface area contributed by atoms with Crippen molar-refractivity contribution in [3.05, 3.63) is 27.7 Å². The molecular formula is C8H7BrClF2NO. The highest BCUT2D eigenvalue weighted by Crippen LogP contribution is 2.30. The van der Waals surface area contributed by atoms with Crippen molar-refractivity contribution in [3.63, 3.8) is 0 Å². The number of halogens is 4. The molecule has 1 aromatic rings. The van der Waals surface area contributed by atoms with E-state index < -0.39 is 23.4 Å². The summed E-state index contributed by atoms with van der Waals surface area (Å²) in [5.74, 6) is -2.40. The summed E-state index contributed by atoms with van der Waals surface area (Å²) < 4.78 is 25.9. The highest BCUT2D eigenvalue weighted by atomic mass is 79.9. The van der Waals surface area contributed by atoms with Crippen molar-refractivity contribution in [2.45, 2.75) is 6.10 Å². The number of hydrogen-bond acceptors (Lipinski definition) is 2. The van der Waals surface area contributed by atoms with Gasteiger partial charge in [-0.2, -0.15) is 0 Å². The first kappa shape index (κ1) is 11.7. The van der Waals surface area contributed by atoms with E-state index in [0.717, 1.165) is 0 Å². The topological polar surface area (TPSA) is 46.2 Å². The van der Waals surface area contributed by atoms with E-state index in [1.807, 2.05) is 0 Å². The van der Waals surface area contributed by atoms with Gasteiger partial charge in [-0.15, -0.1) is 11.6 Å². The number of rotatable bonds is 2. The van der Waals surface area contributed by atoms with Crippen molar-refractivity contribution in [1.82, 2.24) is 0 Å². The molecule has 0 bridgehead atoms. The van der Waals surface area contributed by atoms with Gasteiger partial charge in [0.1, 0.15) is 0 Å². The summed E-state index contributed by atoms with van der Waals surface area (Å²) in [5.41, 5.74) is 4.93. The monoisotopic (exact) mass is 285 g/mol. The molecule has 0 aromatic heterocycles. The predicted octanol–water partition coefficient (Wildman–Crippen LogP) is 2.58. The number of alkyl halides is 1. The summed E-state index contributed by atoms with van der Waals surface area (Å²) in [6.45, 7) is 0. The number of aliphatic hydroxyl groups excluding tert-OH is 1. The summed E-state index contributed by atoms with van der Waals surface area (Å²) in [5, 5.41) is 9.33. The largest absolute Gasteiger partial charge is 0.396 e. The molecule has 6 heteroatoms. The first-order chi connectivity index (χ1) is 6.49. The molecule has 0 saturated carbocycles. The van der Waals surface area contributed by atoms with Gasteiger partial charge < -0.3 is 10.8 Å². The summed E-state index contributed by atoms with van der Waals surface area (Å²) in [7, 11) is 0. The van der Waals surface area contributed by atoms with Gasteiger partial charge in [0.05, 0.1) is 22.1 Å². The Morgan fingerprint density at radius 3 is 2.57 bits per heavy atom. The summed E-state index contributed by atoms with van der Waals surface area (Å²) >= 11 is 8.17. The number of aliphatic hydroxyl groups is 1. The van der Waals surface area contributed by atoms with Crippen molar-refractivity contribution in [3.8, 4) is 0 Å². The zero-order valence-corrected chi connectivity index (χ0v) is 9.24. The third-order valence-electron chi connectivity index (χ3n) is 1.74. The second-order valence-electron chi connectivity index (χ2n) is 2.66. The average molecular weight is 287 g/mol. The molecular weight excluding hydrogens is 279 g/mol. The molecule has 1 rings (SSSR count). The summed E-state index contributed by atoms with van der Waals surface area (Å²) in [6.07, 6.45) is -1.11. The van der Waals surface area contributed by atoms with Crippen molar-refractivity contribution in [1.29, 1.82) is 0 Å². The lowest BCUT2D eigenvalue weighted by Gasteiger charge is -2.12. The van der Waals surface area contributed by atoms with Gasteiger partial charge in [0.25, 0.3) is 0 Å².